The molecule has 4 nitrogen and oxygen atoms in total. The van der Waals surface area contributed by atoms with Gasteiger partial charge in [0.25, 0.3) is 0 Å². The Balaban J connectivity index is 1.88. The first-order valence-electron chi connectivity index (χ1n) is 7.66. The highest BCUT2D eigenvalue weighted by atomic mass is 16.5. The van der Waals surface area contributed by atoms with E-state index >= 15 is 0 Å². The van der Waals surface area contributed by atoms with Gasteiger partial charge in [0.05, 0.1) is 19.8 Å². The second-order valence-electron chi connectivity index (χ2n) is 6.18. The highest BCUT2D eigenvalue weighted by Gasteiger charge is 2.28. The number of morpholine rings is 1. The number of carbonyl (C=O) groups excluding carboxylic acids is 1. The fraction of sp³-hybridized carbons (Fsp3) is 0.588. The van der Waals surface area contributed by atoms with Gasteiger partial charge < -0.3 is 15.0 Å². The largest absolute Gasteiger partial charge is 0.378 e. The maximum atomic E-state index is 12.2. The van der Waals surface area contributed by atoms with Crippen LogP contribution in [-0.2, 0) is 14.9 Å². The number of hydrogen-bond donors (Lipinski definition) is 1. The second-order valence-corrected chi connectivity index (χ2v) is 6.18. The maximum absolute atomic E-state index is 12.2. The van der Waals surface area contributed by atoms with Crippen molar-refractivity contribution in [3.05, 3.63) is 35.9 Å². The van der Waals surface area contributed by atoms with Gasteiger partial charge in [0.15, 0.2) is 0 Å². The molecule has 1 atom stereocenters. The molecule has 0 saturated carbocycles. The van der Waals surface area contributed by atoms with E-state index in [-0.39, 0.29) is 17.4 Å². The first kappa shape index (κ1) is 16.0. The van der Waals surface area contributed by atoms with Crippen LogP contribution < -0.4 is 5.32 Å². The van der Waals surface area contributed by atoms with Crippen molar-refractivity contribution in [1.29, 1.82) is 0 Å². The van der Waals surface area contributed by atoms with Crippen molar-refractivity contribution < 1.29 is 9.53 Å². The zero-order chi connectivity index (χ0) is 15.3. The van der Waals surface area contributed by atoms with Crippen LogP contribution in [0, 0.1) is 0 Å². The normalized spacial score (nSPS) is 17.6. The topological polar surface area (TPSA) is 41.6 Å². The minimum Gasteiger partial charge on any atom is -0.378 e. The smallest absolute Gasteiger partial charge is 0.236 e. The number of benzene rings is 1. The fourth-order valence-electron chi connectivity index (χ4n) is 2.54. The van der Waals surface area contributed by atoms with Crippen LogP contribution in [0.2, 0.25) is 0 Å². The average Bonchev–Trinajstić information content (AvgIpc) is 2.53. The molecule has 0 radical (unpaired) electrons. The molecule has 1 aromatic rings. The molecule has 0 bridgehead atoms. The summed E-state index contributed by atoms with van der Waals surface area (Å²) < 4.78 is 5.27. The number of hydrogen-bond acceptors (Lipinski definition) is 3. The van der Waals surface area contributed by atoms with Gasteiger partial charge >= 0.3 is 0 Å². The van der Waals surface area contributed by atoms with Crippen LogP contribution in [-0.4, -0.2) is 49.7 Å². The van der Waals surface area contributed by atoms with E-state index in [4.69, 9.17) is 4.74 Å². The van der Waals surface area contributed by atoms with Crippen LogP contribution >= 0.6 is 0 Å². The van der Waals surface area contributed by atoms with E-state index < -0.39 is 0 Å². The van der Waals surface area contributed by atoms with Gasteiger partial charge in [-0.3, -0.25) is 4.79 Å². The van der Waals surface area contributed by atoms with E-state index in [1.807, 2.05) is 11.0 Å². The predicted octanol–water partition coefficient (Wildman–Crippen LogP) is 1.80. The highest BCUT2D eigenvalue weighted by Crippen LogP contribution is 2.26. The summed E-state index contributed by atoms with van der Waals surface area (Å²) in [7, 11) is 0. The van der Waals surface area contributed by atoms with Crippen LogP contribution in [0.25, 0.3) is 0 Å². The van der Waals surface area contributed by atoms with Gasteiger partial charge in [0, 0.05) is 24.5 Å². The molecule has 0 aliphatic carbocycles. The van der Waals surface area contributed by atoms with Crippen molar-refractivity contribution >= 4 is 5.91 Å². The molecule has 1 amide bonds. The van der Waals surface area contributed by atoms with Gasteiger partial charge in [-0.25, -0.2) is 0 Å². The molecule has 0 spiro atoms. The Labute approximate surface area is 127 Å². The van der Waals surface area contributed by atoms with Gasteiger partial charge in [-0.15, -0.1) is 0 Å². The summed E-state index contributed by atoms with van der Waals surface area (Å²) >= 11 is 0. The third-order valence-corrected chi connectivity index (χ3v) is 4.52. The molecule has 0 aromatic heterocycles. The lowest BCUT2D eigenvalue weighted by molar-refractivity contribution is -0.134. The fourth-order valence-corrected chi connectivity index (χ4v) is 2.54. The van der Waals surface area contributed by atoms with Crippen molar-refractivity contribution in [2.45, 2.75) is 32.2 Å². The van der Waals surface area contributed by atoms with Crippen molar-refractivity contribution in [2.24, 2.45) is 0 Å². The summed E-state index contributed by atoms with van der Waals surface area (Å²) in [5, 5.41) is 3.39. The number of nitrogens with zero attached hydrogens (tertiary/aromatic N) is 1. The standard InChI is InChI=1S/C17H26N2O2/c1-14(17(2,3)15-7-5-4-6-8-15)18-13-16(20)19-9-11-21-12-10-19/h4-8,14,18H,9-13H2,1-3H3. The molecule has 1 heterocycles. The van der Waals surface area contributed by atoms with E-state index in [9.17, 15) is 4.79 Å². The van der Waals surface area contributed by atoms with E-state index in [1.165, 1.54) is 5.56 Å². The number of carbonyl (C=O) groups is 1. The number of ether oxygens (including phenoxy) is 1. The van der Waals surface area contributed by atoms with Crippen LogP contribution in [0.15, 0.2) is 30.3 Å². The SMILES string of the molecule is CC(NCC(=O)N1CCOCC1)C(C)(C)c1ccccc1. The van der Waals surface area contributed by atoms with Gasteiger partial charge in [0.1, 0.15) is 0 Å². The minimum absolute atomic E-state index is 0.0213. The van der Waals surface area contributed by atoms with E-state index in [1.54, 1.807) is 0 Å². The molecule has 21 heavy (non-hydrogen) atoms. The van der Waals surface area contributed by atoms with Crippen LogP contribution in [0.3, 0.4) is 0 Å². The highest BCUT2D eigenvalue weighted by molar-refractivity contribution is 5.78. The summed E-state index contributed by atoms with van der Waals surface area (Å²) in [6, 6.07) is 10.6. The molecule has 116 valence electrons. The minimum atomic E-state index is -0.0213. The van der Waals surface area contributed by atoms with E-state index in [0.29, 0.717) is 32.8 Å². The van der Waals surface area contributed by atoms with Crippen LogP contribution in [0.5, 0.6) is 0 Å². The van der Waals surface area contributed by atoms with Crippen LogP contribution in [0.4, 0.5) is 0 Å². The van der Waals surface area contributed by atoms with Crippen molar-refractivity contribution in [3.8, 4) is 0 Å². The average molecular weight is 290 g/mol. The zero-order valence-corrected chi connectivity index (χ0v) is 13.3. The molecular formula is C17H26N2O2. The summed E-state index contributed by atoms with van der Waals surface area (Å²) in [4.78, 5) is 14.0. The Morgan fingerprint density at radius 1 is 1.29 bits per heavy atom. The molecule has 1 saturated heterocycles. The summed E-state index contributed by atoms with van der Waals surface area (Å²) in [5.74, 6) is 0.161. The Kier molecular flexibility index (Phi) is 5.37. The van der Waals surface area contributed by atoms with Gasteiger partial charge in [-0.05, 0) is 12.5 Å². The third kappa shape index (κ3) is 4.05. The molecule has 1 aliphatic heterocycles. The van der Waals surface area contributed by atoms with Crippen molar-refractivity contribution in [1.82, 2.24) is 10.2 Å². The lowest BCUT2D eigenvalue weighted by Gasteiger charge is -2.34. The monoisotopic (exact) mass is 290 g/mol. The Hall–Kier alpha value is -1.39. The Bertz CT molecular complexity index is 453. The molecule has 1 fully saturated rings. The first-order valence-corrected chi connectivity index (χ1v) is 7.66. The summed E-state index contributed by atoms with van der Waals surface area (Å²) in [6.45, 7) is 9.65. The third-order valence-electron chi connectivity index (χ3n) is 4.52. The number of amides is 1. The molecule has 1 N–H and O–H groups in total. The van der Waals surface area contributed by atoms with Gasteiger partial charge in [-0.1, -0.05) is 44.2 Å². The molecule has 2 rings (SSSR count). The molecule has 4 heteroatoms. The molecule has 1 aliphatic rings. The second kappa shape index (κ2) is 7.05. The Morgan fingerprint density at radius 3 is 2.52 bits per heavy atom. The van der Waals surface area contributed by atoms with Crippen molar-refractivity contribution in [3.63, 3.8) is 0 Å². The van der Waals surface area contributed by atoms with E-state index in [2.05, 4.69) is 50.4 Å². The van der Waals surface area contributed by atoms with Gasteiger partial charge in [0.2, 0.25) is 5.91 Å². The molecule has 1 aromatic carbocycles. The lowest BCUT2D eigenvalue weighted by atomic mass is 9.78. The predicted molar refractivity (Wildman–Crippen MR) is 84.3 cm³/mol. The zero-order valence-electron chi connectivity index (χ0n) is 13.3. The molecular weight excluding hydrogens is 264 g/mol. The number of rotatable bonds is 5. The van der Waals surface area contributed by atoms with Gasteiger partial charge in [-0.2, -0.15) is 0 Å². The quantitative estimate of drug-likeness (QED) is 0.899. The summed E-state index contributed by atoms with van der Waals surface area (Å²) in [6.07, 6.45) is 0. The first-order chi connectivity index (χ1) is 10.0. The molecule has 1 unspecified atom stereocenters. The maximum Gasteiger partial charge on any atom is 0.236 e. The Morgan fingerprint density at radius 2 is 1.90 bits per heavy atom. The van der Waals surface area contributed by atoms with E-state index in [0.717, 1.165) is 0 Å². The van der Waals surface area contributed by atoms with Crippen LogP contribution in [0.1, 0.15) is 26.3 Å². The lowest BCUT2D eigenvalue weighted by Crippen LogP contribution is -2.49. The number of nitrogens with one attached hydrogen (secondary N) is 1. The summed E-state index contributed by atoms with van der Waals surface area (Å²) in [5.41, 5.74) is 1.26. The van der Waals surface area contributed by atoms with Crippen molar-refractivity contribution in [2.75, 3.05) is 32.8 Å².